The first-order chi connectivity index (χ1) is 12.7. The Hall–Kier alpha value is -1.80. The number of carbonyl (C=O) groups excluding carboxylic acids is 1. The maximum Gasteiger partial charge on any atom is 0.255 e. The van der Waals surface area contributed by atoms with Gasteiger partial charge in [0, 0.05) is 56.0 Å². The SMILES string of the molecule is O=C(c1cncc(Br)c1)N1CCN(Cc2nnc3n2CCCCC3)CC1. The molecule has 2 aliphatic rings. The van der Waals surface area contributed by atoms with Crippen molar-refractivity contribution in [3.8, 4) is 0 Å². The molecule has 4 heterocycles. The Morgan fingerprint density at radius 2 is 1.88 bits per heavy atom. The predicted molar refractivity (Wildman–Crippen MR) is 101 cm³/mol. The molecule has 138 valence electrons. The van der Waals surface area contributed by atoms with Crippen LogP contribution in [0.5, 0.6) is 0 Å². The molecule has 0 spiro atoms. The van der Waals surface area contributed by atoms with Gasteiger partial charge >= 0.3 is 0 Å². The van der Waals surface area contributed by atoms with E-state index >= 15 is 0 Å². The average molecular weight is 419 g/mol. The van der Waals surface area contributed by atoms with Crippen LogP contribution in [0.4, 0.5) is 0 Å². The van der Waals surface area contributed by atoms with Gasteiger partial charge in [0.2, 0.25) is 0 Å². The highest BCUT2D eigenvalue weighted by Gasteiger charge is 2.24. The van der Waals surface area contributed by atoms with Crippen LogP contribution in [0, 0.1) is 0 Å². The van der Waals surface area contributed by atoms with Crippen molar-refractivity contribution in [2.45, 2.75) is 38.8 Å². The summed E-state index contributed by atoms with van der Waals surface area (Å²) in [5.41, 5.74) is 0.635. The second-order valence-electron chi connectivity index (χ2n) is 6.95. The van der Waals surface area contributed by atoms with Gasteiger partial charge in [0.25, 0.3) is 5.91 Å². The molecule has 0 radical (unpaired) electrons. The van der Waals surface area contributed by atoms with E-state index in [9.17, 15) is 4.79 Å². The van der Waals surface area contributed by atoms with E-state index in [1.807, 2.05) is 11.0 Å². The molecule has 2 aliphatic heterocycles. The summed E-state index contributed by atoms with van der Waals surface area (Å²) < 4.78 is 3.13. The topological polar surface area (TPSA) is 67.2 Å². The molecule has 0 saturated carbocycles. The lowest BCUT2D eigenvalue weighted by Crippen LogP contribution is -2.48. The van der Waals surface area contributed by atoms with Gasteiger partial charge in [0.05, 0.1) is 12.1 Å². The summed E-state index contributed by atoms with van der Waals surface area (Å²) in [5, 5.41) is 8.81. The van der Waals surface area contributed by atoms with Crippen molar-refractivity contribution in [1.29, 1.82) is 0 Å². The lowest BCUT2D eigenvalue weighted by Gasteiger charge is -2.34. The van der Waals surface area contributed by atoms with Crippen molar-refractivity contribution in [2.75, 3.05) is 26.2 Å². The van der Waals surface area contributed by atoms with E-state index in [4.69, 9.17) is 0 Å². The second-order valence-corrected chi connectivity index (χ2v) is 7.87. The summed E-state index contributed by atoms with van der Waals surface area (Å²) in [6.07, 6.45) is 8.05. The molecule has 1 amide bonds. The Labute approximate surface area is 161 Å². The Morgan fingerprint density at radius 3 is 2.69 bits per heavy atom. The minimum atomic E-state index is 0.0507. The molecule has 2 aromatic heterocycles. The molecule has 0 aliphatic carbocycles. The number of nitrogens with zero attached hydrogens (tertiary/aromatic N) is 6. The minimum Gasteiger partial charge on any atom is -0.336 e. The number of amides is 1. The number of piperazine rings is 1. The first kappa shape index (κ1) is 17.6. The molecule has 0 unspecified atom stereocenters. The quantitative estimate of drug-likeness (QED) is 0.763. The number of halogens is 1. The zero-order valence-corrected chi connectivity index (χ0v) is 16.4. The molecule has 7 nitrogen and oxygen atoms in total. The molecule has 1 fully saturated rings. The molecular formula is C18H23BrN6O. The molecule has 0 atom stereocenters. The van der Waals surface area contributed by atoms with Crippen LogP contribution in [0.3, 0.4) is 0 Å². The summed E-state index contributed by atoms with van der Waals surface area (Å²) in [6, 6.07) is 1.83. The van der Waals surface area contributed by atoms with Gasteiger partial charge in [-0.3, -0.25) is 14.7 Å². The molecule has 0 N–H and O–H groups in total. The smallest absolute Gasteiger partial charge is 0.255 e. The highest BCUT2D eigenvalue weighted by molar-refractivity contribution is 9.10. The lowest BCUT2D eigenvalue weighted by atomic mass is 10.2. The van der Waals surface area contributed by atoms with Gasteiger partial charge in [-0.15, -0.1) is 10.2 Å². The van der Waals surface area contributed by atoms with Crippen LogP contribution in [0.15, 0.2) is 22.9 Å². The van der Waals surface area contributed by atoms with E-state index in [0.717, 1.165) is 61.8 Å². The van der Waals surface area contributed by atoms with E-state index < -0.39 is 0 Å². The predicted octanol–water partition coefficient (Wildman–Crippen LogP) is 2.12. The van der Waals surface area contributed by atoms with Crippen LogP contribution in [0.25, 0.3) is 0 Å². The fourth-order valence-corrected chi connectivity index (χ4v) is 4.05. The number of aryl methyl sites for hydroxylation is 1. The first-order valence-corrected chi connectivity index (χ1v) is 10.0. The summed E-state index contributed by atoms with van der Waals surface area (Å²) in [5.74, 6) is 2.25. The van der Waals surface area contributed by atoms with Gasteiger partial charge in [-0.2, -0.15) is 0 Å². The van der Waals surface area contributed by atoms with Crippen LogP contribution in [0.1, 0.15) is 41.3 Å². The van der Waals surface area contributed by atoms with Gasteiger partial charge in [-0.1, -0.05) is 6.42 Å². The van der Waals surface area contributed by atoms with E-state index in [0.29, 0.717) is 5.56 Å². The highest BCUT2D eigenvalue weighted by atomic mass is 79.9. The molecule has 2 aromatic rings. The summed E-state index contributed by atoms with van der Waals surface area (Å²) in [4.78, 5) is 21.0. The number of hydrogen-bond acceptors (Lipinski definition) is 5. The van der Waals surface area contributed by atoms with Crippen molar-refractivity contribution < 1.29 is 4.79 Å². The third-order valence-corrected chi connectivity index (χ3v) is 5.60. The summed E-state index contributed by atoms with van der Waals surface area (Å²) in [6.45, 7) is 5.02. The molecule has 0 bridgehead atoms. The minimum absolute atomic E-state index is 0.0507. The number of rotatable bonds is 3. The Morgan fingerprint density at radius 1 is 1.04 bits per heavy atom. The normalized spacial score (nSPS) is 18.4. The standard InChI is InChI=1S/C18H23BrN6O/c19-15-10-14(11-20-12-15)18(26)24-8-6-23(7-9-24)13-17-22-21-16-4-2-1-3-5-25(16)17/h10-12H,1-9,13H2. The van der Waals surface area contributed by atoms with E-state index in [1.165, 1.54) is 19.3 Å². The summed E-state index contributed by atoms with van der Waals surface area (Å²) in [7, 11) is 0. The van der Waals surface area contributed by atoms with Crippen molar-refractivity contribution in [3.05, 3.63) is 40.1 Å². The van der Waals surface area contributed by atoms with E-state index in [2.05, 4.69) is 40.6 Å². The number of fused-ring (bicyclic) bond motifs is 1. The van der Waals surface area contributed by atoms with Crippen molar-refractivity contribution in [2.24, 2.45) is 0 Å². The molecule has 1 saturated heterocycles. The van der Waals surface area contributed by atoms with E-state index in [-0.39, 0.29) is 5.91 Å². The van der Waals surface area contributed by atoms with Crippen molar-refractivity contribution in [3.63, 3.8) is 0 Å². The number of pyridine rings is 1. The van der Waals surface area contributed by atoms with Crippen LogP contribution in [-0.2, 0) is 19.5 Å². The lowest BCUT2D eigenvalue weighted by molar-refractivity contribution is 0.0623. The second kappa shape index (κ2) is 7.84. The maximum atomic E-state index is 12.6. The van der Waals surface area contributed by atoms with Gasteiger partial charge in [0.1, 0.15) is 11.6 Å². The van der Waals surface area contributed by atoms with Crippen LogP contribution < -0.4 is 0 Å². The van der Waals surface area contributed by atoms with Crippen LogP contribution >= 0.6 is 15.9 Å². The molecule has 26 heavy (non-hydrogen) atoms. The molecular weight excluding hydrogens is 396 g/mol. The fraction of sp³-hybridized carbons (Fsp3) is 0.556. The number of aromatic nitrogens is 4. The Bertz CT molecular complexity index is 784. The monoisotopic (exact) mass is 418 g/mol. The molecule has 0 aromatic carbocycles. The third-order valence-electron chi connectivity index (χ3n) is 5.16. The van der Waals surface area contributed by atoms with E-state index in [1.54, 1.807) is 12.4 Å². The van der Waals surface area contributed by atoms with Gasteiger partial charge < -0.3 is 9.47 Å². The maximum absolute atomic E-state index is 12.6. The van der Waals surface area contributed by atoms with Gasteiger partial charge in [-0.25, -0.2) is 0 Å². The fourth-order valence-electron chi connectivity index (χ4n) is 3.68. The number of carbonyl (C=O) groups is 1. The first-order valence-electron chi connectivity index (χ1n) is 9.24. The van der Waals surface area contributed by atoms with Gasteiger partial charge in [0.15, 0.2) is 0 Å². The highest BCUT2D eigenvalue weighted by Crippen LogP contribution is 2.17. The number of hydrogen-bond donors (Lipinski definition) is 0. The van der Waals surface area contributed by atoms with Gasteiger partial charge in [-0.05, 0) is 34.8 Å². The Kier molecular flexibility index (Phi) is 5.31. The largest absolute Gasteiger partial charge is 0.336 e. The third kappa shape index (κ3) is 3.81. The zero-order valence-electron chi connectivity index (χ0n) is 14.8. The van der Waals surface area contributed by atoms with Crippen molar-refractivity contribution >= 4 is 21.8 Å². The molecule has 4 rings (SSSR count). The van der Waals surface area contributed by atoms with Crippen molar-refractivity contribution in [1.82, 2.24) is 29.5 Å². The summed E-state index contributed by atoms with van der Waals surface area (Å²) >= 11 is 3.38. The molecule has 8 heteroatoms. The van der Waals surface area contributed by atoms with Crippen LogP contribution in [0.2, 0.25) is 0 Å². The van der Waals surface area contributed by atoms with Crippen LogP contribution in [-0.4, -0.2) is 61.6 Å². The Balaban J connectivity index is 1.35. The average Bonchev–Trinajstić information content (AvgIpc) is 2.88. The zero-order chi connectivity index (χ0) is 17.9.